The molecule has 0 unspecified atom stereocenters. The number of hydrogen-bond donors (Lipinski definition) is 2. The number of aromatic nitrogens is 6. The Bertz CT molecular complexity index is 1160. The second kappa shape index (κ2) is 6.34. The van der Waals surface area contributed by atoms with Crippen LogP contribution in [0, 0.1) is 13.8 Å². The maximum atomic E-state index is 12.1. The van der Waals surface area contributed by atoms with Crippen LogP contribution in [-0.4, -0.2) is 29.1 Å². The fourth-order valence-electron chi connectivity index (χ4n) is 2.62. The molecule has 0 aliphatic carbocycles. The SMILES string of the molecule is Cc1ccc(-n2ccnc2SCc2cc(=O)n3[nH]c(N)nc3n2)cc1C. The molecular weight excluding hydrogens is 350 g/mol. The van der Waals surface area contributed by atoms with Gasteiger partial charge in [0.1, 0.15) is 0 Å². The number of rotatable bonds is 4. The van der Waals surface area contributed by atoms with Gasteiger partial charge in [0.15, 0.2) is 5.16 Å². The van der Waals surface area contributed by atoms with Crippen LogP contribution in [0.2, 0.25) is 0 Å². The lowest BCUT2D eigenvalue weighted by molar-refractivity contribution is 0.882. The molecule has 1 aromatic carbocycles. The molecule has 0 fully saturated rings. The molecule has 4 rings (SSSR count). The fraction of sp³-hybridized carbons (Fsp3) is 0.176. The minimum atomic E-state index is -0.243. The third-order valence-corrected chi connectivity index (χ3v) is 5.13. The summed E-state index contributed by atoms with van der Waals surface area (Å²) < 4.78 is 3.24. The third-order valence-electron chi connectivity index (χ3n) is 4.13. The van der Waals surface area contributed by atoms with E-state index in [1.807, 2.05) is 10.8 Å². The number of aryl methyl sites for hydroxylation is 2. The number of fused-ring (bicyclic) bond motifs is 1. The smallest absolute Gasteiger partial charge is 0.274 e. The monoisotopic (exact) mass is 367 g/mol. The van der Waals surface area contributed by atoms with Gasteiger partial charge in [-0.3, -0.25) is 14.5 Å². The molecule has 0 atom stereocenters. The first kappa shape index (κ1) is 16.4. The van der Waals surface area contributed by atoms with Crippen LogP contribution in [0.1, 0.15) is 16.8 Å². The van der Waals surface area contributed by atoms with Gasteiger partial charge in [-0.15, -0.1) is 0 Å². The molecule has 9 heteroatoms. The maximum absolute atomic E-state index is 12.1. The summed E-state index contributed by atoms with van der Waals surface area (Å²) in [6.07, 6.45) is 3.68. The summed E-state index contributed by atoms with van der Waals surface area (Å²) in [6.45, 7) is 4.18. The van der Waals surface area contributed by atoms with E-state index in [2.05, 4.69) is 52.1 Å². The summed E-state index contributed by atoms with van der Waals surface area (Å²) in [5.41, 5.74) is 9.49. The van der Waals surface area contributed by atoms with Crippen LogP contribution in [0.15, 0.2) is 46.6 Å². The Morgan fingerprint density at radius 1 is 1.19 bits per heavy atom. The molecule has 0 spiro atoms. The fourth-order valence-corrected chi connectivity index (χ4v) is 3.49. The van der Waals surface area contributed by atoms with Gasteiger partial charge in [-0.1, -0.05) is 17.8 Å². The van der Waals surface area contributed by atoms with Gasteiger partial charge in [0.2, 0.25) is 5.95 Å². The number of anilines is 1. The Balaban J connectivity index is 1.60. The second-order valence-electron chi connectivity index (χ2n) is 5.97. The Morgan fingerprint density at radius 2 is 2.04 bits per heavy atom. The number of nitrogens with zero attached hydrogens (tertiary/aromatic N) is 5. The number of aromatic amines is 1. The summed E-state index contributed by atoms with van der Waals surface area (Å²) in [4.78, 5) is 24.9. The van der Waals surface area contributed by atoms with Crippen LogP contribution in [0.25, 0.3) is 11.5 Å². The van der Waals surface area contributed by atoms with Crippen molar-refractivity contribution in [3.8, 4) is 5.69 Å². The molecular formula is C17H17N7OS. The van der Waals surface area contributed by atoms with Crippen LogP contribution in [-0.2, 0) is 5.75 Å². The molecule has 0 aliphatic heterocycles. The molecule has 3 N–H and O–H groups in total. The quantitative estimate of drug-likeness (QED) is 0.535. The first-order valence-corrected chi connectivity index (χ1v) is 8.98. The number of benzene rings is 1. The molecule has 0 radical (unpaired) electrons. The standard InChI is InChI=1S/C17H17N7OS/c1-10-3-4-13(7-11(10)2)23-6-5-19-17(23)26-9-12-8-14(25)24-16(20-12)21-15(18)22-24/h3-8H,9H2,1-2H3,(H3,18,20,21,22). The predicted molar refractivity (Wildman–Crippen MR) is 101 cm³/mol. The third kappa shape index (κ3) is 2.97. The Morgan fingerprint density at radius 3 is 2.85 bits per heavy atom. The molecule has 26 heavy (non-hydrogen) atoms. The van der Waals surface area contributed by atoms with E-state index >= 15 is 0 Å². The Labute approximate surface area is 153 Å². The molecule has 4 aromatic rings. The first-order valence-electron chi connectivity index (χ1n) is 7.99. The number of nitrogens with one attached hydrogen (secondary N) is 1. The summed E-state index contributed by atoms with van der Waals surface area (Å²) in [7, 11) is 0. The van der Waals surface area contributed by atoms with Gasteiger partial charge in [0.25, 0.3) is 11.3 Å². The number of H-pyrrole nitrogens is 1. The van der Waals surface area contributed by atoms with Crippen molar-refractivity contribution in [2.75, 3.05) is 5.73 Å². The van der Waals surface area contributed by atoms with E-state index in [4.69, 9.17) is 5.73 Å². The summed E-state index contributed by atoms with van der Waals surface area (Å²) in [5, 5.41) is 3.48. The van der Waals surface area contributed by atoms with Crippen molar-refractivity contribution in [1.29, 1.82) is 0 Å². The lowest BCUT2D eigenvalue weighted by atomic mass is 10.1. The molecule has 3 aromatic heterocycles. The average molecular weight is 367 g/mol. The largest absolute Gasteiger partial charge is 0.368 e. The zero-order chi connectivity index (χ0) is 18.3. The highest BCUT2D eigenvalue weighted by Gasteiger charge is 2.10. The van der Waals surface area contributed by atoms with E-state index in [0.29, 0.717) is 11.4 Å². The highest BCUT2D eigenvalue weighted by atomic mass is 32.2. The normalized spacial score (nSPS) is 11.3. The Kier molecular flexibility index (Phi) is 4.00. The van der Waals surface area contributed by atoms with Crippen molar-refractivity contribution in [1.82, 2.24) is 29.1 Å². The molecule has 0 bridgehead atoms. The minimum absolute atomic E-state index is 0.157. The highest BCUT2D eigenvalue weighted by molar-refractivity contribution is 7.98. The topological polar surface area (TPSA) is 107 Å². The molecule has 8 nitrogen and oxygen atoms in total. The number of thioether (sulfide) groups is 1. The van der Waals surface area contributed by atoms with E-state index in [0.717, 1.165) is 10.8 Å². The van der Waals surface area contributed by atoms with Crippen molar-refractivity contribution in [3.63, 3.8) is 0 Å². The van der Waals surface area contributed by atoms with Crippen LogP contribution in [0.3, 0.4) is 0 Å². The number of nitrogen functional groups attached to an aromatic ring is 1. The van der Waals surface area contributed by atoms with Gasteiger partial charge < -0.3 is 5.73 Å². The van der Waals surface area contributed by atoms with Crippen molar-refractivity contribution in [2.24, 2.45) is 0 Å². The number of imidazole rings is 1. The van der Waals surface area contributed by atoms with Crippen LogP contribution in [0.4, 0.5) is 5.95 Å². The maximum Gasteiger partial charge on any atom is 0.274 e. The van der Waals surface area contributed by atoms with Gasteiger partial charge in [0.05, 0.1) is 5.69 Å². The molecule has 0 amide bonds. The minimum Gasteiger partial charge on any atom is -0.368 e. The van der Waals surface area contributed by atoms with E-state index in [9.17, 15) is 4.79 Å². The Hall–Kier alpha value is -3.07. The molecule has 132 valence electrons. The second-order valence-corrected chi connectivity index (χ2v) is 6.91. The molecule has 0 aliphatic rings. The van der Waals surface area contributed by atoms with Crippen LogP contribution in [0.5, 0.6) is 0 Å². The lowest BCUT2D eigenvalue weighted by Gasteiger charge is -2.09. The van der Waals surface area contributed by atoms with Gasteiger partial charge >= 0.3 is 0 Å². The predicted octanol–water partition coefficient (Wildman–Crippen LogP) is 2.09. The zero-order valence-electron chi connectivity index (χ0n) is 14.3. The molecule has 0 saturated carbocycles. The van der Waals surface area contributed by atoms with Gasteiger partial charge in [-0.05, 0) is 37.1 Å². The molecule has 3 heterocycles. The van der Waals surface area contributed by atoms with Crippen molar-refractivity contribution in [3.05, 3.63) is 63.8 Å². The van der Waals surface area contributed by atoms with Crippen LogP contribution >= 0.6 is 11.8 Å². The summed E-state index contributed by atoms with van der Waals surface area (Å²) >= 11 is 1.51. The summed E-state index contributed by atoms with van der Waals surface area (Å²) in [5.74, 6) is 0.924. The lowest BCUT2D eigenvalue weighted by Crippen LogP contribution is -2.15. The van der Waals surface area contributed by atoms with E-state index in [-0.39, 0.29) is 17.3 Å². The van der Waals surface area contributed by atoms with Crippen molar-refractivity contribution >= 4 is 23.5 Å². The van der Waals surface area contributed by atoms with E-state index in [1.165, 1.54) is 33.5 Å². The molecule has 0 saturated heterocycles. The number of hydrogen-bond acceptors (Lipinski definition) is 6. The van der Waals surface area contributed by atoms with Gasteiger partial charge in [-0.2, -0.15) is 9.50 Å². The summed E-state index contributed by atoms with van der Waals surface area (Å²) in [6, 6.07) is 7.76. The van der Waals surface area contributed by atoms with Gasteiger partial charge in [-0.25, -0.2) is 9.97 Å². The van der Waals surface area contributed by atoms with E-state index in [1.54, 1.807) is 6.20 Å². The zero-order valence-corrected chi connectivity index (χ0v) is 15.1. The van der Waals surface area contributed by atoms with Gasteiger partial charge in [0, 0.05) is 29.9 Å². The number of nitrogens with two attached hydrogens (primary N) is 1. The average Bonchev–Trinajstić information content (AvgIpc) is 3.21. The van der Waals surface area contributed by atoms with E-state index < -0.39 is 0 Å². The van der Waals surface area contributed by atoms with Crippen molar-refractivity contribution in [2.45, 2.75) is 24.8 Å². The van der Waals surface area contributed by atoms with Crippen LogP contribution < -0.4 is 11.3 Å². The first-order chi connectivity index (χ1) is 12.5. The highest BCUT2D eigenvalue weighted by Crippen LogP contribution is 2.24. The van der Waals surface area contributed by atoms with Crippen molar-refractivity contribution < 1.29 is 0 Å².